The molecule has 0 aliphatic carbocycles. The van der Waals surface area contributed by atoms with Crippen LogP contribution in [0, 0.1) is 0 Å². The van der Waals surface area contributed by atoms with Crippen LogP contribution in [0.2, 0.25) is 0 Å². The molecule has 0 saturated carbocycles. The number of aromatic nitrogens is 1. The van der Waals surface area contributed by atoms with E-state index < -0.39 is 5.97 Å². The average Bonchev–Trinajstić information content (AvgIpc) is 2.37. The van der Waals surface area contributed by atoms with Crippen LogP contribution in [0.1, 0.15) is 10.4 Å². The Morgan fingerprint density at radius 3 is 2.82 bits per heavy atom. The van der Waals surface area contributed by atoms with Crippen molar-refractivity contribution < 1.29 is 15.0 Å². The predicted molar refractivity (Wildman–Crippen MR) is 38.5 cm³/mol. The highest BCUT2D eigenvalue weighted by Crippen LogP contribution is 1.99. The average molecular weight is 155 g/mol. The Labute approximate surface area is 63.7 Å². The minimum absolute atomic E-state index is 0.0216. The standard InChI is InChI=1S/C7H9NO3/c9-4-3-8-2-1-6(5-8)7(10)11/h1-2,5,9H,3-4H2,(H,10,11). The van der Waals surface area contributed by atoms with Crippen LogP contribution in [0.5, 0.6) is 0 Å². The van der Waals surface area contributed by atoms with Crippen molar-refractivity contribution in [2.45, 2.75) is 6.54 Å². The summed E-state index contributed by atoms with van der Waals surface area (Å²) in [6.07, 6.45) is 3.11. The van der Waals surface area contributed by atoms with Crippen molar-refractivity contribution in [3.63, 3.8) is 0 Å². The van der Waals surface area contributed by atoms with Crippen molar-refractivity contribution in [3.8, 4) is 0 Å². The fourth-order valence-corrected chi connectivity index (χ4v) is 0.822. The number of rotatable bonds is 3. The molecule has 0 radical (unpaired) electrons. The number of carboxylic acid groups (broad SMARTS) is 1. The number of carbonyl (C=O) groups is 1. The maximum atomic E-state index is 10.3. The van der Waals surface area contributed by atoms with E-state index in [0.717, 1.165) is 0 Å². The fraction of sp³-hybridized carbons (Fsp3) is 0.286. The maximum Gasteiger partial charge on any atom is 0.337 e. The van der Waals surface area contributed by atoms with E-state index in [4.69, 9.17) is 10.2 Å². The molecule has 4 nitrogen and oxygen atoms in total. The van der Waals surface area contributed by atoms with Gasteiger partial charge in [0, 0.05) is 18.9 Å². The van der Waals surface area contributed by atoms with E-state index in [0.29, 0.717) is 6.54 Å². The highest BCUT2D eigenvalue weighted by Gasteiger charge is 2.02. The second-order valence-electron chi connectivity index (χ2n) is 2.17. The molecule has 11 heavy (non-hydrogen) atoms. The molecule has 0 amide bonds. The molecule has 1 aromatic rings. The van der Waals surface area contributed by atoms with E-state index in [-0.39, 0.29) is 12.2 Å². The van der Waals surface area contributed by atoms with Crippen molar-refractivity contribution in [1.82, 2.24) is 4.57 Å². The van der Waals surface area contributed by atoms with Crippen LogP contribution in [-0.4, -0.2) is 27.4 Å². The summed E-state index contributed by atoms with van der Waals surface area (Å²) >= 11 is 0. The lowest BCUT2D eigenvalue weighted by Crippen LogP contribution is -1.99. The number of nitrogens with zero attached hydrogens (tertiary/aromatic N) is 1. The summed E-state index contributed by atoms with van der Waals surface area (Å²) in [5.74, 6) is -0.943. The van der Waals surface area contributed by atoms with Crippen LogP contribution < -0.4 is 0 Å². The first kappa shape index (κ1) is 7.81. The van der Waals surface area contributed by atoms with Gasteiger partial charge in [-0.15, -0.1) is 0 Å². The quantitative estimate of drug-likeness (QED) is 0.654. The van der Waals surface area contributed by atoms with Gasteiger partial charge in [-0.1, -0.05) is 0 Å². The van der Waals surface area contributed by atoms with Gasteiger partial charge in [-0.3, -0.25) is 0 Å². The molecule has 0 unspecified atom stereocenters. The summed E-state index contributed by atoms with van der Waals surface area (Å²) in [4.78, 5) is 10.3. The third kappa shape index (κ3) is 1.81. The van der Waals surface area contributed by atoms with E-state index in [1.54, 1.807) is 10.8 Å². The number of hydrogen-bond donors (Lipinski definition) is 2. The third-order valence-electron chi connectivity index (χ3n) is 1.36. The number of carboxylic acids is 1. The number of aliphatic hydroxyl groups excluding tert-OH is 1. The molecule has 0 aromatic carbocycles. The van der Waals surface area contributed by atoms with Gasteiger partial charge in [-0.05, 0) is 6.07 Å². The zero-order valence-corrected chi connectivity index (χ0v) is 5.90. The van der Waals surface area contributed by atoms with E-state index >= 15 is 0 Å². The summed E-state index contributed by atoms with van der Waals surface area (Å²) < 4.78 is 1.63. The van der Waals surface area contributed by atoms with Gasteiger partial charge < -0.3 is 14.8 Å². The fourth-order valence-electron chi connectivity index (χ4n) is 0.822. The van der Waals surface area contributed by atoms with Gasteiger partial charge in [-0.2, -0.15) is 0 Å². The first-order chi connectivity index (χ1) is 5.24. The molecule has 1 aromatic heterocycles. The summed E-state index contributed by atoms with van der Waals surface area (Å²) in [5.41, 5.74) is 0.249. The largest absolute Gasteiger partial charge is 0.478 e. The number of aliphatic hydroxyl groups is 1. The first-order valence-electron chi connectivity index (χ1n) is 3.24. The Kier molecular flexibility index (Phi) is 2.28. The van der Waals surface area contributed by atoms with Gasteiger partial charge in [0.25, 0.3) is 0 Å². The van der Waals surface area contributed by atoms with Gasteiger partial charge in [-0.25, -0.2) is 4.79 Å². The lowest BCUT2D eigenvalue weighted by molar-refractivity contribution is 0.0696. The third-order valence-corrected chi connectivity index (χ3v) is 1.36. The molecule has 1 rings (SSSR count). The molecule has 0 spiro atoms. The molecule has 0 fully saturated rings. The van der Waals surface area contributed by atoms with Crippen LogP contribution in [0.4, 0.5) is 0 Å². The first-order valence-corrected chi connectivity index (χ1v) is 3.24. The van der Waals surface area contributed by atoms with Crippen LogP contribution in [0.3, 0.4) is 0 Å². The predicted octanol–water partition coefficient (Wildman–Crippen LogP) is 0.179. The molecule has 0 atom stereocenters. The second-order valence-corrected chi connectivity index (χ2v) is 2.17. The van der Waals surface area contributed by atoms with Crippen molar-refractivity contribution in [2.75, 3.05) is 6.61 Å². The van der Waals surface area contributed by atoms with E-state index in [2.05, 4.69) is 0 Å². The molecule has 0 aliphatic heterocycles. The maximum absolute atomic E-state index is 10.3. The summed E-state index contributed by atoms with van der Waals surface area (Å²) in [7, 11) is 0. The number of hydrogen-bond acceptors (Lipinski definition) is 2. The molecular formula is C7H9NO3. The Bertz CT molecular complexity index is 254. The zero-order valence-electron chi connectivity index (χ0n) is 5.90. The normalized spacial score (nSPS) is 9.91. The lowest BCUT2D eigenvalue weighted by Gasteiger charge is -1.95. The van der Waals surface area contributed by atoms with Crippen LogP contribution >= 0.6 is 0 Å². The van der Waals surface area contributed by atoms with Crippen LogP contribution in [0.25, 0.3) is 0 Å². The van der Waals surface area contributed by atoms with Crippen molar-refractivity contribution >= 4 is 5.97 Å². The van der Waals surface area contributed by atoms with Gasteiger partial charge in [0.2, 0.25) is 0 Å². The molecule has 0 bridgehead atoms. The summed E-state index contributed by atoms with van der Waals surface area (Å²) in [5, 5.41) is 17.0. The van der Waals surface area contributed by atoms with Crippen LogP contribution in [-0.2, 0) is 6.54 Å². The molecule has 2 N–H and O–H groups in total. The van der Waals surface area contributed by atoms with Crippen molar-refractivity contribution in [1.29, 1.82) is 0 Å². The number of aromatic carboxylic acids is 1. The summed E-state index contributed by atoms with van der Waals surface area (Å²) in [6, 6.07) is 1.50. The molecular weight excluding hydrogens is 146 g/mol. The molecule has 0 aliphatic rings. The van der Waals surface area contributed by atoms with Crippen LogP contribution in [0.15, 0.2) is 18.5 Å². The monoisotopic (exact) mass is 155 g/mol. The van der Waals surface area contributed by atoms with E-state index in [1.807, 2.05) is 0 Å². The Hall–Kier alpha value is -1.29. The Morgan fingerprint density at radius 1 is 1.64 bits per heavy atom. The van der Waals surface area contributed by atoms with Gasteiger partial charge in [0.1, 0.15) is 0 Å². The minimum atomic E-state index is -0.943. The van der Waals surface area contributed by atoms with Crippen molar-refractivity contribution in [3.05, 3.63) is 24.0 Å². The molecule has 1 heterocycles. The van der Waals surface area contributed by atoms with Gasteiger partial charge >= 0.3 is 5.97 Å². The zero-order chi connectivity index (χ0) is 8.27. The minimum Gasteiger partial charge on any atom is -0.478 e. The van der Waals surface area contributed by atoms with Gasteiger partial charge in [0.15, 0.2) is 0 Å². The van der Waals surface area contributed by atoms with Crippen molar-refractivity contribution in [2.24, 2.45) is 0 Å². The highest BCUT2D eigenvalue weighted by atomic mass is 16.4. The highest BCUT2D eigenvalue weighted by molar-refractivity contribution is 5.87. The molecule has 60 valence electrons. The van der Waals surface area contributed by atoms with Gasteiger partial charge in [0.05, 0.1) is 12.2 Å². The molecule has 0 saturated heterocycles. The topological polar surface area (TPSA) is 62.5 Å². The van der Waals surface area contributed by atoms with E-state index in [1.165, 1.54) is 12.3 Å². The second kappa shape index (κ2) is 3.21. The smallest absolute Gasteiger partial charge is 0.337 e. The Balaban J connectivity index is 2.73. The lowest BCUT2D eigenvalue weighted by atomic mass is 10.4. The SMILES string of the molecule is O=C(O)c1ccn(CCO)c1. The van der Waals surface area contributed by atoms with E-state index in [9.17, 15) is 4.79 Å². The molecule has 4 heteroatoms. The Morgan fingerprint density at radius 2 is 2.36 bits per heavy atom. The summed E-state index contributed by atoms with van der Waals surface area (Å²) in [6.45, 7) is 0.459.